The third-order valence-corrected chi connectivity index (χ3v) is 2.32. The van der Waals surface area contributed by atoms with Crippen molar-refractivity contribution in [2.75, 3.05) is 38.2 Å². The van der Waals surface area contributed by atoms with Gasteiger partial charge in [-0.25, -0.2) is 14.6 Å². The van der Waals surface area contributed by atoms with Crippen molar-refractivity contribution in [2.24, 2.45) is 0 Å². The number of carbonyl (C=O) groups excluding carboxylic acids is 1. The highest BCUT2D eigenvalue weighted by molar-refractivity contribution is 5.96. The molecule has 0 fully saturated rings. The number of hydrogen-bond donors (Lipinski definition) is 4. The van der Waals surface area contributed by atoms with Crippen molar-refractivity contribution in [3.05, 3.63) is 17.8 Å². The predicted molar refractivity (Wildman–Crippen MR) is 71.2 cm³/mol. The lowest BCUT2D eigenvalue weighted by molar-refractivity contribution is 0.0698. The molecule has 2 amide bonds. The van der Waals surface area contributed by atoms with Gasteiger partial charge in [0.15, 0.2) is 0 Å². The number of nitrogen functional groups attached to an aromatic ring is 1. The fraction of sp³-hybridized carbons (Fsp3) is 0.364. The fourth-order valence-corrected chi connectivity index (χ4v) is 1.31. The van der Waals surface area contributed by atoms with Crippen LogP contribution in [-0.4, -0.2) is 54.2 Å². The van der Waals surface area contributed by atoms with Crippen molar-refractivity contribution in [3.8, 4) is 0 Å². The highest BCUT2D eigenvalue weighted by Crippen LogP contribution is 2.19. The molecule has 0 aliphatic rings. The number of amides is 2. The lowest BCUT2D eigenvalue weighted by Crippen LogP contribution is -2.37. The average molecular weight is 267 g/mol. The number of aromatic nitrogens is 1. The number of carboxylic acids is 1. The first-order valence-electron chi connectivity index (χ1n) is 5.60. The maximum absolute atomic E-state index is 11.2. The van der Waals surface area contributed by atoms with Gasteiger partial charge in [-0.05, 0) is 6.07 Å². The second kappa shape index (κ2) is 6.43. The van der Waals surface area contributed by atoms with E-state index in [1.165, 1.54) is 17.2 Å². The number of carbonyl (C=O) groups is 2. The minimum atomic E-state index is -1.11. The number of carboxylic acid groups (broad SMARTS) is 1. The monoisotopic (exact) mass is 267 g/mol. The number of nitrogens with zero attached hydrogens (tertiary/aromatic N) is 2. The second-order valence-electron chi connectivity index (χ2n) is 3.98. The second-order valence-corrected chi connectivity index (χ2v) is 3.98. The van der Waals surface area contributed by atoms with Crippen LogP contribution in [0.1, 0.15) is 10.4 Å². The molecule has 8 nitrogen and oxygen atoms in total. The van der Waals surface area contributed by atoms with E-state index in [9.17, 15) is 9.59 Å². The van der Waals surface area contributed by atoms with Crippen LogP contribution < -0.4 is 16.4 Å². The summed E-state index contributed by atoms with van der Waals surface area (Å²) in [5, 5.41) is 14.4. The van der Waals surface area contributed by atoms with Crippen LogP contribution in [0.5, 0.6) is 0 Å². The van der Waals surface area contributed by atoms with E-state index in [1.54, 1.807) is 14.1 Å². The van der Waals surface area contributed by atoms with Crippen LogP contribution >= 0.6 is 0 Å². The number of pyridine rings is 1. The molecule has 19 heavy (non-hydrogen) atoms. The highest BCUT2D eigenvalue weighted by atomic mass is 16.4. The van der Waals surface area contributed by atoms with E-state index in [-0.39, 0.29) is 17.3 Å². The number of nitrogens with two attached hydrogens (primary N) is 1. The van der Waals surface area contributed by atoms with Gasteiger partial charge in [0.25, 0.3) is 0 Å². The summed E-state index contributed by atoms with van der Waals surface area (Å²) in [4.78, 5) is 27.5. The van der Waals surface area contributed by atoms with Crippen LogP contribution in [-0.2, 0) is 0 Å². The molecule has 1 aromatic rings. The zero-order chi connectivity index (χ0) is 14.4. The lowest BCUT2D eigenvalue weighted by Gasteiger charge is -2.13. The SMILES string of the molecule is CN(C)C(=O)NCCNc1nccc(C(=O)O)c1N. The third-order valence-electron chi connectivity index (χ3n) is 2.32. The van der Waals surface area contributed by atoms with E-state index in [4.69, 9.17) is 10.8 Å². The molecule has 0 aliphatic heterocycles. The molecule has 5 N–H and O–H groups in total. The Bertz CT molecular complexity index is 475. The fourth-order valence-electron chi connectivity index (χ4n) is 1.31. The predicted octanol–water partition coefficient (Wildman–Crippen LogP) is 0.0451. The molecule has 0 bridgehead atoms. The Morgan fingerprint density at radius 1 is 1.42 bits per heavy atom. The summed E-state index contributed by atoms with van der Waals surface area (Å²) in [6.45, 7) is 0.759. The van der Waals surface area contributed by atoms with Crippen molar-refractivity contribution >= 4 is 23.5 Å². The summed E-state index contributed by atoms with van der Waals surface area (Å²) in [6.07, 6.45) is 1.36. The normalized spacial score (nSPS) is 9.79. The molecule has 1 heterocycles. The minimum absolute atomic E-state index is 0.00479. The zero-order valence-electron chi connectivity index (χ0n) is 10.8. The quantitative estimate of drug-likeness (QED) is 0.559. The summed E-state index contributed by atoms with van der Waals surface area (Å²) >= 11 is 0. The molecule has 1 rings (SSSR count). The summed E-state index contributed by atoms with van der Waals surface area (Å²) in [7, 11) is 3.28. The van der Waals surface area contributed by atoms with Gasteiger partial charge in [0.05, 0.1) is 11.3 Å². The Morgan fingerprint density at radius 2 is 2.11 bits per heavy atom. The maximum atomic E-state index is 11.2. The number of hydrogen-bond acceptors (Lipinski definition) is 5. The van der Waals surface area contributed by atoms with Crippen molar-refractivity contribution in [1.82, 2.24) is 15.2 Å². The van der Waals surface area contributed by atoms with Gasteiger partial charge in [-0.1, -0.05) is 0 Å². The van der Waals surface area contributed by atoms with E-state index in [2.05, 4.69) is 15.6 Å². The molecule has 0 atom stereocenters. The molecule has 0 aliphatic carbocycles. The molecule has 0 saturated carbocycles. The molecule has 0 radical (unpaired) electrons. The van der Waals surface area contributed by atoms with Crippen LogP contribution in [0.4, 0.5) is 16.3 Å². The van der Waals surface area contributed by atoms with Gasteiger partial charge in [0, 0.05) is 33.4 Å². The van der Waals surface area contributed by atoms with Crippen molar-refractivity contribution in [1.29, 1.82) is 0 Å². The van der Waals surface area contributed by atoms with E-state index in [0.717, 1.165) is 0 Å². The Hall–Kier alpha value is -2.51. The number of urea groups is 1. The van der Waals surface area contributed by atoms with Crippen molar-refractivity contribution in [2.45, 2.75) is 0 Å². The van der Waals surface area contributed by atoms with Gasteiger partial charge >= 0.3 is 12.0 Å². The molecular weight excluding hydrogens is 250 g/mol. The summed E-state index contributed by atoms with van der Waals surface area (Å²) in [5.41, 5.74) is 5.75. The highest BCUT2D eigenvalue weighted by Gasteiger charge is 2.11. The lowest BCUT2D eigenvalue weighted by atomic mass is 10.2. The van der Waals surface area contributed by atoms with Crippen LogP contribution in [0.15, 0.2) is 12.3 Å². The minimum Gasteiger partial charge on any atom is -0.478 e. The number of aromatic carboxylic acids is 1. The van der Waals surface area contributed by atoms with Crippen LogP contribution in [0.3, 0.4) is 0 Å². The first kappa shape index (κ1) is 14.6. The van der Waals surface area contributed by atoms with Gasteiger partial charge < -0.3 is 26.4 Å². The summed E-state index contributed by atoms with van der Waals surface area (Å²) in [6, 6.07) is 1.12. The first-order chi connectivity index (χ1) is 8.93. The topological polar surface area (TPSA) is 121 Å². The molecule has 0 unspecified atom stereocenters. The zero-order valence-corrected chi connectivity index (χ0v) is 10.8. The van der Waals surface area contributed by atoms with Gasteiger partial charge in [-0.15, -0.1) is 0 Å². The summed E-state index contributed by atoms with van der Waals surface area (Å²) in [5.74, 6) is -0.817. The third kappa shape index (κ3) is 4.02. The van der Waals surface area contributed by atoms with E-state index in [1.807, 2.05) is 0 Å². The standard InChI is InChI=1S/C11H17N5O3/c1-16(2)11(19)15-6-5-14-9-8(12)7(10(17)18)3-4-13-9/h3-4H,5-6,12H2,1-2H3,(H,13,14)(H,15,19)(H,17,18). The molecular formula is C11H17N5O3. The van der Waals surface area contributed by atoms with Crippen LogP contribution in [0.2, 0.25) is 0 Å². The average Bonchev–Trinajstić information content (AvgIpc) is 2.35. The molecule has 1 aromatic heterocycles. The van der Waals surface area contributed by atoms with Gasteiger partial charge in [-0.3, -0.25) is 0 Å². The first-order valence-corrected chi connectivity index (χ1v) is 5.60. The summed E-state index contributed by atoms with van der Waals surface area (Å²) < 4.78 is 0. The van der Waals surface area contributed by atoms with E-state index in [0.29, 0.717) is 18.9 Å². The van der Waals surface area contributed by atoms with Crippen LogP contribution in [0.25, 0.3) is 0 Å². The smallest absolute Gasteiger partial charge is 0.337 e. The van der Waals surface area contributed by atoms with Crippen LogP contribution in [0, 0.1) is 0 Å². The maximum Gasteiger partial charge on any atom is 0.337 e. The van der Waals surface area contributed by atoms with E-state index < -0.39 is 5.97 Å². The Morgan fingerprint density at radius 3 is 2.68 bits per heavy atom. The molecule has 8 heteroatoms. The van der Waals surface area contributed by atoms with Gasteiger partial charge in [0.2, 0.25) is 0 Å². The Balaban J connectivity index is 2.53. The van der Waals surface area contributed by atoms with Crippen molar-refractivity contribution in [3.63, 3.8) is 0 Å². The number of anilines is 2. The molecule has 0 saturated heterocycles. The van der Waals surface area contributed by atoms with Gasteiger partial charge in [0.1, 0.15) is 5.82 Å². The molecule has 0 aromatic carbocycles. The number of nitrogens with one attached hydrogen (secondary N) is 2. The molecule has 104 valence electrons. The largest absolute Gasteiger partial charge is 0.478 e. The van der Waals surface area contributed by atoms with Crippen molar-refractivity contribution < 1.29 is 14.7 Å². The van der Waals surface area contributed by atoms with E-state index >= 15 is 0 Å². The molecule has 0 spiro atoms. The Kier molecular flexibility index (Phi) is 4.92. The number of rotatable bonds is 5. The Labute approximate surface area is 110 Å². The van der Waals surface area contributed by atoms with Gasteiger partial charge in [-0.2, -0.15) is 0 Å².